The van der Waals surface area contributed by atoms with Gasteiger partial charge in [-0.3, -0.25) is 4.55 Å². The van der Waals surface area contributed by atoms with Crippen LogP contribution in [0.1, 0.15) is 0 Å². The third-order valence-corrected chi connectivity index (χ3v) is 3.03. The monoisotopic (exact) mass is 271 g/mol. The number of nitrogens with zero attached hydrogens (tertiary/aromatic N) is 1. The molecule has 1 unspecified atom stereocenters. The Morgan fingerprint density at radius 3 is 2.69 bits per heavy atom. The van der Waals surface area contributed by atoms with Gasteiger partial charge in [0.15, 0.2) is 5.11 Å². The van der Waals surface area contributed by atoms with Gasteiger partial charge in [-0.15, -0.1) is 0 Å². The zero-order chi connectivity index (χ0) is 10.3. The number of fused-ring (bicyclic) bond motifs is 1. The first-order valence-electron chi connectivity index (χ1n) is 3.73. The maximum absolute atomic E-state index is 10.8. The van der Waals surface area contributed by atoms with Crippen LogP contribution in [0.15, 0.2) is 28.9 Å². The van der Waals surface area contributed by atoms with E-state index in [4.69, 9.17) is 16.8 Å². The summed E-state index contributed by atoms with van der Waals surface area (Å²) in [4.78, 5) is 3.93. The Morgan fingerprint density at radius 2 is 2.12 bits per heavy atom. The van der Waals surface area contributed by atoms with Gasteiger partial charge >= 0.3 is 0 Å². The fourth-order valence-electron chi connectivity index (χ4n) is 1.22. The van der Waals surface area contributed by atoms with E-state index in [0.717, 1.165) is 0 Å². The molecule has 1 radical (unpaired) electrons. The van der Waals surface area contributed by atoms with Crippen molar-refractivity contribution in [3.8, 4) is 0 Å². The summed E-state index contributed by atoms with van der Waals surface area (Å²) in [5, 5.41) is 1.99. The van der Waals surface area contributed by atoms with Crippen molar-refractivity contribution < 1.29 is 18.4 Å². The Labute approximate surface area is 120 Å². The van der Waals surface area contributed by atoms with Gasteiger partial charge in [0, 0.05) is 29.6 Å². The Bertz CT molecular complexity index is 495. The Balaban J connectivity index is 0.00000112. The molecule has 9 heteroatoms. The zero-order valence-electron chi connectivity index (χ0n) is 8.34. The van der Waals surface area contributed by atoms with E-state index in [1.807, 2.05) is 0 Å². The minimum Gasteiger partial charge on any atom is -0.412 e. The SMILES string of the molecule is O.O=S(=O)(O)C1C=CC2=NC(=S)NC2=C1.[Na]. The van der Waals surface area contributed by atoms with Gasteiger partial charge in [-0.25, -0.2) is 4.99 Å². The largest absolute Gasteiger partial charge is 0.412 e. The van der Waals surface area contributed by atoms with Gasteiger partial charge in [-0.1, -0.05) is 6.08 Å². The van der Waals surface area contributed by atoms with Gasteiger partial charge in [0.25, 0.3) is 10.1 Å². The number of rotatable bonds is 1. The first-order valence-corrected chi connectivity index (χ1v) is 5.64. The number of aliphatic imine (C=N–C) groups is 1. The molecule has 0 aromatic heterocycles. The minimum atomic E-state index is -4.08. The second kappa shape index (κ2) is 5.50. The van der Waals surface area contributed by atoms with Gasteiger partial charge in [-0.05, 0) is 24.4 Å². The van der Waals surface area contributed by atoms with Crippen LogP contribution in [0, 0.1) is 0 Å². The van der Waals surface area contributed by atoms with E-state index >= 15 is 0 Å². The Hall–Kier alpha value is -0.0900. The van der Waals surface area contributed by atoms with Crippen LogP contribution in [0.25, 0.3) is 0 Å². The van der Waals surface area contributed by atoms with E-state index < -0.39 is 15.4 Å². The van der Waals surface area contributed by atoms with Gasteiger partial charge in [-0.2, -0.15) is 8.42 Å². The molecule has 2 rings (SSSR count). The van der Waals surface area contributed by atoms with Crippen molar-refractivity contribution in [2.45, 2.75) is 5.25 Å². The number of hydrogen-bond donors (Lipinski definition) is 2. The maximum atomic E-state index is 10.8. The van der Waals surface area contributed by atoms with Crippen LogP contribution in [0.3, 0.4) is 0 Å². The average Bonchev–Trinajstić information content (AvgIpc) is 2.41. The third kappa shape index (κ3) is 3.20. The van der Waals surface area contributed by atoms with Crippen LogP contribution in [0.2, 0.25) is 0 Å². The molecule has 1 aliphatic heterocycles. The summed E-state index contributed by atoms with van der Waals surface area (Å²) in [5.41, 5.74) is 1.12. The number of allylic oxidation sites excluding steroid dienone is 1. The molecule has 0 aromatic rings. The van der Waals surface area contributed by atoms with Crippen molar-refractivity contribution in [3.05, 3.63) is 23.9 Å². The minimum absolute atomic E-state index is 0. The molecule has 6 nitrogen and oxygen atoms in total. The van der Waals surface area contributed by atoms with Gasteiger partial charge < -0.3 is 10.8 Å². The van der Waals surface area contributed by atoms with Crippen molar-refractivity contribution in [2.75, 3.05) is 0 Å². The molecule has 1 aliphatic carbocycles. The first kappa shape index (κ1) is 15.9. The van der Waals surface area contributed by atoms with Crippen LogP contribution < -0.4 is 5.32 Å². The molecule has 0 saturated heterocycles. The average molecular weight is 271 g/mol. The van der Waals surface area contributed by atoms with Crippen molar-refractivity contribution in [1.29, 1.82) is 0 Å². The second-order valence-electron chi connectivity index (χ2n) is 2.85. The molecule has 2 aliphatic rings. The fraction of sp³-hybridized carbons (Fsp3) is 0.143. The van der Waals surface area contributed by atoms with Crippen LogP contribution >= 0.6 is 12.2 Å². The quantitative estimate of drug-likeness (QED) is 0.354. The summed E-state index contributed by atoms with van der Waals surface area (Å²) >= 11 is 4.78. The van der Waals surface area contributed by atoms with E-state index in [2.05, 4.69) is 10.3 Å². The molecule has 0 amide bonds. The molecule has 0 aromatic carbocycles. The van der Waals surface area contributed by atoms with Crippen molar-refractivity contribution in [2.24, 2.45) is 4.99 Å². The summed E-state index contributed by atoms with van der Waals surface area (Å²) in [6.07, 6.45) is 4.24. The number of thiocarbonyl (C=S) groups is 1. The van der Waals surface area contributed by atoms with E-state index in [-0.39, 0.29) is 35.0 Å². The van der Waals surface area contributed by atoms with E-state index in [9.17, 15) is 8.42 Å². The number of hydrogen-bond acceptors (Lipinski definition) is 3. The molecule has 0 bridgehead atoms. The molecule has 4 N–H and O–H groups in total. The third-order valence-electron chi connectivity index (χ3n) is 1.86. The summed E-state index contributed by atoms with van der Waals surface area (Å²) in [6, 6.07) is 0. The normalized spacial score (nSPS) is 22.1. The topological polar surface area (TPSA) is 110 Å². The molecule has 83 valence electrons. The second-order valence-corrected chi connectivity index (χ2v) is 4.81. The predicted molar refractivity (Wildman–Crippen MR) is 65.1 cm³/mol. The molecule has 0 saturated carbocycles. The molecule has 16 heavy (non-hydrogen) atoms. The van der Waals surface area contributed by atoms with Gasteiger partial charge in [0.2, 0.25) is 0 Å². The summed E-state index contributed by atoms with van der Waals surface area (Å²) < 4.78 is 30.4. The fourth-order valence-corrected chi connectivity index (χ4v) is 2.02. The standard InChI is InChI=1S/C7H6N2O3S2.Na.H2O/c10-14(11,12)4-1-2-5-6(3-4)9-7(13)8-5;;/h1-4H,(H,9,13)(H,10,11,12);;1H2. The first-order chi connectivity index (χ1) is 6.47. The summed E-state index contributed by atoms with van der Waals surface area (Å²) in [5.74, 6) is 0. The van der Waals surface area contributed by atoms with E-state index in [1.54, 1.807) is 0 Å². The van der Waals surface area contributed by atoms with Gasteiger partial charge in [0.1, 0.15) is 5.25 Å². The van der Waals surface area contributed by atoms with Crippen LogP contribution in [-0.4, -0.2) is 64.1 Å². The molecule has 1 heterocycles. The molecule has 0 fully saturated rings. The Kier molecular flexibility index (Phi) is 5.47. The van der Waals surface area contributed by atoms with Crippen LogP contribution in [-0.2, 0) is 10.1 Å². The molecular weight excluding hydrogens is 263 g/mol. The van der Waals surface area contributed by atoms with Crippen molar-refractivity contribution >= 4 is 62.7 Å². The molecule has 0 spiro atoms. The maximum Gasteiger partial charge on any atom is 0.275 e. The molecular formula is C7H8N2NaO4S2. The molecule has 1 atom stereocenters. The summed E-state index contributed by atoms with van der Waals surface area (Å²) in [7, 11) is -4.08. The van der Waals surface area contributed by atoms with Crippen molar-refractivity contribution in [3.63, 3.8) is 0 Å². The van der Waals surface area contributed by atoms with Crippen LogP contribution in [0.5, 0.6) is 0 Å². The number of nitrogens with one attached hydrogen (secondary N) is 1. The van der Waals surface area contributed by atoms with Gasteiger partial charge in [0.05, 0.1) is 11.4 Å². The van der Waals surface area contributed by atoms with E-state index in [1.165, 1.54) is 18.2 Å². The van der Waals surface area contributed by atoms with Crippen LogP contribution in [0.4, 0.5) is 0 Å². The Morgan fingerprint density at radius 1 is 1.50 bits per heavy atom. The smallest absolute Gasteiger partial charge is 0.275 e. The summed E-state index contributed by atoms with van der Waals surface area (Å²) in [6.45, 7) is 0. The van der Waals surface area contributed by atoms with E-state index in [0.29, 0.717) is 16.5 Å². The predicted octanol–water partition coefficient (Wildman–Crippen LogP) is -1.18. The van der Waals surface area contributed by atoms with Crippen molar-refractivity contribution in [1.82, 2.24) is 5.32 Å². The zero-order valence-corrected chi connectivity index (χ0v) is 12.0.